The first kappa shape index (κ1) is 16.1. The highest BCUT2D eigenvalue weighted by atomic mass is 15.1. The molecular formula is C17H30N4. The Morgan fingerprint density at radius 2 is 1.62 bits per heavy atom. The van der Waals surface area contributed by atoms with Crippen LogP contribution in [0.4, 0.5) is 11.6 Å². The van der Waals surface area contributed by atoms with Gasteiger partial charge in [-0.25, -0.2) is 9.97 Å². The van der Waals surface area contributed by atoms with E-state index in [-0.39, 0.29) is 0 Å². The summed E-state index contributed by atoms with van der Waals surface area (Å²) in [5.41, 5.74) is 1.15. The molecule has 4 heteroatoms. The number of nitrogens with zero attached hydrogens (tertiary/aromatic N) is 2. The molecule has 1 aromatic rings. The maximum Gasteiger partial charge on any atom is 0.134 e. The van der Waals surface area contributed by atoms with Crippen LogP contribution >= 0.6 is 0 Å². The van der Waals surface area contributed by atoms with Crippen LogP contribution < -0.4 is 10.6 Å². The minimum atomic E-state index is 0.873. The topological polar surface area (TPSA) is 49.8 Å². The molecule has 0 spiro atoms. The van der Waals surface area contributed by atoms with Gasteiger partial charge in [0.15, 0.2) is 0 Å². The predicted molar refractivity (Wildman–Crippen MR) is 90.0 cm³/mol. The van der Waals surface area contributed by atoms with Gasteiger partial charge in [0.05, 0.1) is 0 Å². The molecule has 0 amide bonds. The molecular weight excluding hydrogens is 260 g/mol. The predicted octanol–water partition coefficient (Wildman–Crippen LogP) is 4.16. The largest absolute Gasteiger partial charge is 0.370 e. The summed E-state index contributed by atoms with van der Waals surface area (Å²) in [6.07, 6.45) is 8.91. The van der Waals surface area contributed by atoms with Gasteiger partial charge in [-0.3, -0.25) is 0 Å². The van der Waals surface area contributed by atoms with Crippen LogP contribution in [0.5, 0.6) is 0 Å². The molecule has 4 nitrogen and oxygen atoms in total. The highest BCUT2D eigenvalue weighted by Crippen LogP contribution is 2.27. The Hall–Kier alpha value is -1.32. The van der Waals surface area contributed by atoms with Crippen molar-refractivity contribution in [2.45, 2.75) is 65.7 Å². The van der Waals surface area contributed by atoms with Crippen molar-refractivity contribution in [2.24, 2.45) is 5.92 Å². The molecule has 1 heterocycles. The first-order chi connectivity index (χ1) is 10.2. The molecule has 0 aromatic carbocycles. The summed E-state index contributed by atoms with van der Waals surface area (Å²) in [5, 5.41) is 6.96. The van der Waals surface area contributed by atoms with Crippen molar-refractivity contribution >= 4 is 11.6 Å². The number of anilines is 2. The van der Waals surface area contributed by atoms with Crippen LogP contribution in [0.15, 0.2) is 0 Å². The number of aromatic nitrogens is 2. The maximum absolute atomic E-state index is 4.66. The SMILES string of the molecule is CCCNc1nc(CC)nc(NCCC2CCCC2)c1C. The Balaban J connectivity index is 1.98. The van der Waals surface area contributed by atoms with Gasteiger partial charge < -0.3 is 10.6 Å². The van der Waals surface area contributed by atoms with Crippen LogP contribution in [0.3, 0.4) is 0 Å². The monoisotopic (exact) mass is 290 g/mol. The van der Waals surface area contributed by atoms with Crippen LogP contribution in [-0.2, 0) is 6.42 Å². The van der Waals surface area contributed by atoms with E-state index < -0.39 is 0 Å². The minimum absolute atomic E-state index is 0.873. The van der Waals surface area contributed by atoms with Crippen molar-refractivity contribution in [3.63, 3.8) is 0 Å². The molecule has 1 fully saturated rings. The van der Waals surface area contributed by atoms with Crippen molar-refractivity contribution in [2.75, 3.05) is 23.7 Å². The van der Waals surface area contributed by atoms with E-state index in [0.717, 1.165) is 54.9 Å². The van der Waals surface area contributed by atoms with Crippen LogP contribution in [0.2, 0.25) is 0 Å². The van der Waals surface area contributed by atoms with Gasteiger partial charge in [-0.05, 0) is 25.7 Å². The molecule has 118 valence electrons. The highest BCUT2D eigenvalue weighted by molar-refractivity contribution is 5.57. The van der Waals surface area contributed by atoms with E-state index >= 15 is 0 Å². The summed E-state index contributed by atoms with van der Waals surface area (Å²) >= 11 is 0. The fourth-order valence-corrected chi connectivity index (χ4v) is 3.00. The molecule has 0 bridgehead atoms. The van der Waals surface area contributed by atoms with E-state index in [2.05, 4.69) is 41.4 Å². The number of rotatable bonds is 8. The second kappa shape index (κ2) is 8.20. The first-order valence-electron chi connectivity index (χ1n) is 8.59. The third-order valence-corrected chi connectivity index (χ3v) is 4.37. The number of aryl methyl sites for hydroxylation is 1. The quantitative estimate of drug-likeness (QED) is 0.754. The molecule has 1 saturated carbocycles. The van der Waals surface area contributed by atoms with Crippen molar-refractivity contribution in [1.82, 2.24) is 9.97 Å². The molecule has 1 aliphatic rings. The Bertz CT molecular complexity index is 439. The van der Waals surface area contributed by atoms with Gasteiger partial charge in [-0.15, -0.1) is 0 Å². The molecule has 0 saturated heterocycles. The Kier molecular flexibility index (Phi) is 6.27. The van der Waals surface area contributed by atoms with Crippen molar-refractivity contribution in [3.05, 3.63) is 11.4 Å². The van der Waals surface area contributed by atoms with Gasteiger partial charge in [0.25, 0.3) is 0 Å². The zero-order valence-electron chi connectivity index (χ0n) is 13.8. The lowest BCUT2D eigenvalue weighted by Gasteiger charge is -2.16. The summed E-state index contributed by atoms with van der Waals surface area (Å²) in [6, 6.07) is 0. The Morgan fingerprint density at radius 3 is 2.19 bits per heavy atom. The molecule has 2 rings (SSSR count). The summed E-state index contributed by atoms with van der Waals surface area (Å²) < 4.78 is 0. The Morgan fingerprint density at radius 1 is 1.00 bits per heavy atom. The second-order valence-electron chi connectivity index (χ2n) is 6.11. The van der Waals surface area contributed by atoms with Gasteiger partial charge in [0, 0.05) is 25.1 Å². The van der Waals surface area contributed by atoms with Crippen LogP contribution in [0, 0.1) is 12.8 Å². The number of nitrogens with one attached hydrogen (secondary N) is 2. The smallest absolute Gasteiger partial charge is 0.134 e. The van der Waals surface area contributed by atoms with Gasteiger partial charge >= 0.3 is 0 Å². The van der Waals surface area contributed by atoms with Crippen molar-refractivity contribution < 1.29 is 0 Å². The molecule has 1 aliphatic carbocycles. The molecule has 0 radical (unpaired) electrons. The highest BCUT2D eigenvalue weighted by Gasteiger charge is 2.15. The summed E-state index contributed by atoms with van der Waals surface area (Å²) in [6.45, 7) is 8.37. The third kappa shape index (κ3) is 4.58. The van der Waals surface area contributed by atoms with E-state index in [0.29, 0.717) is 0 Å². The fourth-order valence-electron chi connectivity index (χ4n) is 3.00. The van der Waals surface area contributed by atoms with Gasteiger partial charge in [0.1, 0.15) is 17.5 Å². The van der Waals surface area contributed by atoms with Crippen LogP contribution in [0.1, 0.15) is 63.8 Å². The number of hydrogen-bond donors (Lipinski definition) is 2. The van der Waals surface area contributed by atoms with Gasteiger partial charge in [-0.2, -0.15) is 0 Å². The molecule has 21 heavy (non-hydrogen) atoms. The van der Waals surface area contributed by atoms with E-state index in [1.807, 2.05) is 0 Å². The van der Waals surface area contributed by atoms with Crippen molar-refractivity contribution in [3.8, 4) is 0 Å². The lowest BCUT2D eigenvalue weighted by Crippen LogP contribution is -2.13. The molecule has 2 N–H and O–H groups in total. The summed E-state index contributed by atoms with van der Waals surface area (Å²) in [5.74, 6) is 3.84. The second-order valence-corrected chi connectivity index (χ2v) is 6.11. The van der Waals surface area contributed by atoms with E-state index in [1.54, 1.807) is 0 Å². The Labute approximate surface area is 129 Å². The minimum Gasteiger partial charge on any atom is -0.370 e. The third-order valence-electron chi connectivity index (χ3n) is 4.37. The first-order valence-corrected chi connectivity index (χ1v) is 8.59. The number of hydrogen-bond acceptors (Lipinski definition) is 4. The zero-order chi connectivity index (χ0) is 15.1. The molecule has 0 aliphatic heterocycles. The molecule has 0 atom stereocenters. The van der Waals surface area contributed by atoms with Gasteiger partial charge in [0.2, 0.25) is 0 Å². The van der Waals surface area contributed by atoms with E-state index in [4.69, 9.17) is 0 Å². The molecule has 1 aromatic heterocycles. The average Bonchev–Trinajstić information content (AvgIpc) is 3.01. The lowest BCUT2D eigenvalue weighted by atomic mass is 10.0. The maximum atomic E-state index is 4.66. The lowest BCUT2D eigenvalue weighted by molar-refractivity contribution is 0.518. The summed E-state index contributed by atoms with van der Waals surface area (Å²) in [4.78, 5) is 9.27. The van der Waals surface area contributed by atoms with Crippen LogP contribution in [-0.4, -0.2) is 23.1 Å². The average molecular weight is 290 g/mol. The fraction of sp³-hybridized carbons (Fsp3) is 0.765. The zero-order valence-corrected chi connectivity index (χ0v) is 13.8. The standard InChI is InChI=1S/C17H30N4/c1-4-11-18-16-13(3)17(21-15(5-2)20-16)19-12-10-14-8-6-7-9-14/h14H,4-12H2,1-3H3,(H2,18,19,20,21). The normalized spacial score (nSPS) is 15.4. The molecule has 0 unspecified atom stereocenters. The van der Waals surface area contributed by atoms with Crippen molar-refractivity contribution in [1.29, 1.82) is 0 Å². The van der Waals surface area contributed by atoms with Crippen LogP contribution in [0.25, 0.3) is 0 Å². The van der Waals surface area contributed by atoms with Gasteiger partial charge in [-0.1, -0.05) is 39.5 Å². The van der Waals surface area contributed by atoms with E-state index in [9.17, 15) is 0 Å². The summed E-state index contributed by atoms with van der Waals surface area (Å²) in [7, 11) is 0. The van der Waals surface area contributed by atoms with E-state index in [1.165, 1.54) is 32.1 Å².